The van der Waals surface area contributed by atoms with Crippen LogP contribution in [0.3, 0.4) is 0 Å². The number of carbonyl (C=O) groups excluding carboxylic acids is 2. The molecule has 1 amide bonds. The van der Waals surface area contributed by atoms with Gasteiger partial charge in [-0.05, 0) is 61.5 Å². The van der Waals surface area contributed by atoms with Crippen LogP contribution < -0.4 is 14.8 Å². The molecule has 0 saturated heterocycles. The summed E-state index contributed by atoms with van der Waals surface area (Å²) in [6, 6.07) is 18.5. The second kappa shape index (κ2) is 8.38. The minimum absolute atomic E-state index is 0.174. The maximum absolute atomic E-state index is 12.8. The molecule has 3 aromatic rings. The lowest BCUT2D eigenvalue weighted by Crippen LogP contribution is -2.26. The zero-order chi connectivity index (χ0) is 21.9. The predicted octanol–water partition coefficient (Wildman–Crippen LogP) is 3.14. The van der Waals surface area contributed by atoms with Crippen LogP contribution in [0.1, 0.15) is 26.3 Å². The van der Waals surface area contributed by atoms with Gasteiger partial charge < -0.3 is 10.5 Å². The Hall–Kier alpha value is -3.65. The number of amides is 1. The summed E-state index contributed by atoms with van der Waals surface area (Å²) >= 11 is 0. The van der Waals surface area contributed by atoms with Gasteiger partial charge in [-0.2, -0.15) is 0 Å². The molecular formula is C22H20N2O5S. The molecule has 0 spiro atoms. The highest BCUT2D eigenvalue weighted by atomic mass is 32.2. The van der Waals surface area contributed by atoms with Crippen LogP contribution in [0.15, 0.2) is 77.7 Å². The highest BCUT2D eigenvalue weighted by Crippen LogP contribution is 2.23. The van der Waals surface area contributed by atoms with Crippen molar-refractivity contribution in [2.75, 3.05) is 11.4 Å². The largest absolute Gasteiger partial charge is 0.423 e. The van der Waals surface area contributed by atoms with Crippen molar-refractivity contribution in [3.05, 3.63) is 89.5 Å². The van der Waals surface area contributed by atoms with Crippen LogP contribution in [-0.4, -0.2) is 27.3 Å². The highest BCUT2D eigenvalue weighted by molar-refractivity contribution is 7.92. The van der Waals surface area contributed by atoms with Gasteiger partial charge in [-0.25, -0.2) is 13.2 Å². The Labute approximate surface area is 174 Å². The lowest BCUT2D eigenvalue weighted by Gasteiger charge is -2.19. The Morgan fingerprint density at radius 2 is 1.53 bits per heavy atom. The number of ether oxygens (including phenoxy) is 1. The van der Waals surface area contributed by atoms with E-state index in [2.05, 4.69) is 0 Å². The molecule has 3 aromatic carbocycles. The van der Waals surface area contributed by atoms with Gasteiger partial charge in [0, 0.05) is 12.6 Å². The molecule has 0 aliphatic heterocycles. The molecule has 0 bridgehead atoms. The molecule has 30 heavy (non-hydrogen) atoms. The smallest absolute Gasteiger partial charge is 0.343 e. The number of carbonyl (C=O) groups is 2. The van der Waals surface area contributed by atoms with Crippen molar-refractivity contribution in [2.45, 2.75) is 11.8 Å². The topological polar surface area (TPSA) is 107 Å². The van der Waals surface area contributed by atoms with E-state index in [-0.39, 0.29) is 21.8 Å². The predicted molar refractivity (Wildman–Crippen MR) is 113 cm³/mol. The number of anilines is 1. The number of nitrogens with two attached hydrogens (primary N) is 1. The molecule has 0 aliphatic rings. The average molecular weight is 424 g/mol. The molecule has 0 aromatic heterocycles. The number of esters is 1. The summed E-state index contributed by atoms with van der Waals surface area (Å²) in [6.07, 6.45) is 0. The van der Waals surface area contributed by atoms with Crippen LogP contribution in [0.4, 0.5) is 5.69 Å². The van der Waals surface area contributed by atoms with Crippen molar-refractivity contribution < 1.29 is 22.7 Å². The van der Waals surface area contributed by atoms with Crippen LogP contribution in [0.25, 0.3) is 0 Å². The number of primary amides is 1. The highest BCUT2D eigenvalue weighted by Gasteiger charge is 2.21. The lowest BCUT2D eigenvalue weighted by molar-refractivity contribution is 0.0733. The van der Waals surface area contributed by atoms with Crippen LogP contribution >= 0.6 is 0 Å². The van der Waals surface area contributed by atoms with Crippen molar-refractivity contribution in [1.29, 1.82) is 0 Å². The summed E-state index contributed by atoms with van der Waals surface area (Å²) in [5.41, 5.74) is 7.02. The summed E-state index contributed by atoms with van der Waals surface area (Å²) in [4.78, 5) is 23.8. The van der Waals surface area contributed by atoms with Crippen LogP contribution in [-0.2, 0) is 10.0 Å². The van der Waals surface area contributed by atoms with E-state index in [0.29, 0.717) is 5.69 Å². The van der Waals surface area contributed by atoms with E-state index in [0.717, 1.165) is 9.87 Å². The summed E-state index contributed by atoms with van der Waals surface area (Å²) in [6.45, 7) is 1.88. The minimum Gasteiger partial charge on any atom is -0.423 e. The van der Waals surface area contributed by atoms with E-state index in [1.807, 2.05) is 6.92 Å². The van der Waals surface area contributed by atoms with Gasteiger partial charge in [0.25, 0.3) is 10.0 Å². The number of benzene rings is 3. The summed E-state index contributed by atoms with van der Waals surface area (Å²) in [7, 11) is -2.29. The second-order valence-corrected chi connectivity index (χ2v) is 8.58. The van der Waals surface area contributed by atoms with Crippen LogP contribution in [0.5, 0.6) is 5.75 Å². The van der Waals surface area contributed by atoms with Gasteiger partial charge in [-0.3, -0.25) is 9.10 Å². The molecule has 0 atom stereocenters. The second-order valence-electron chi connectivity index (χ2n) is 6.61. The normalized spacial score (nSPS) is 11.0. The molecule has 0 unspecified atom stereocenters. The first-order valence-corrected chi connectivity index (χ1v) is 10.4. The number of hydrogen-bond acceptors (Lipinski definition) is 5. The van der Waals surface area contributed by atoms with Gasteiger partial charge >= 0.3 is 5.97 Å². The van der Waals surface area contributed by atoms with Crippen molar-refractivity contribution >= 4 is 27.6 Å². The first kappa shape index (κ1) is 21.1. The quantitative estimate of drug-likeness (QED) is 0.483. The Morgan fingerprint density at radius 1 is 0.900 bits per heavy atom. The number of hydrogen-bond donors (Lipinski definition) is 1. The van der Waals surface area contributed by atoms with Crippen molar-refractivity contribution in [3.63, 3.8) is 0 Å². The third-order valence-corrected chi connectivity index (χ3v) is 6.27. The number of sulfonamides is 1. The number of rotatable bonds is 6. The van der Waals surface area contributed by atoms with Gasteiger partial charge in [0.15, 0.2) is 0 Å². The van der Waals surface area contributed by atoms with E-state index in [9.17, 15) is 18.0 Å². The molecular weight excluding hydrogens is 404 g/mol. The van der Waals surface area contributed by atoms with Crippen molar-refractivity contribution in [1.82, 2.24) is 0 Å². The van der Waals surface area contributed by atoms with Crippen molar-refractivity contribution in [3.8, 4) is 5.75 Å². The maximum Gasteiger partial charge on any atom is 0.343 e. The zero-order valence-electron chi connectivity index (χ0n) is 16.4. The van der Waals surface area contributed by atoms with Gasteiger partial charge in [0.1, 0.15) is 5.75 Å². The summed E-state index contributed by atoms with van der Waals surface area (Å²) in [5, 5.41) is 0. The molecule has 0 fully saturated rings. The molecule has 0 radical (unpaired) electrons. The van der Waals surface area contributed by atoms with Gasteiger partial charge in [-0.1, -0.05) is 23.8 Å². The van der Waals surface area contributed by atoms with E-state index < -0.39 is 21.9 Å². The number of nitrogens with zero attached hydrogens (tertiary/aromatic N) is 1. The van der Waals surface area contributed by atoms with Gasteiger partial charge in [0.05, 0.1) is 16.1 Å². The molecule has 7 nitrogen and oxygen atoms in total. The first-order valence-electron chi connectivity index (χ1n) is 8.96. The SMILES string of the molecule is Cc1ccc(S(=O)(=O)N(C)c2ccc(C(=O)Oc3cccc(C(N)=O)c3)cc2)cc1. The van der Waals surface area contributed by atoms with E-state index in [1.54, 1.807) is 30.3 Å². The van der Waals surface area contributed by atoms with Crippen molar-refractivity contribution in [2.24, 2.45) is 5.73 Å². The molecule has 3 rings (SSSR count). The third-order valence-electron chi connectivity index (χ3n) is 4.48. The summed E-state index contributed by atoms with van der Waals surface area (Å²) in [5.74, 6) is -1.10. The number of aryl methyl sites for hydroxylation is 1. The van der Waals surface area contributed by atoms with Gasteiger partial charge in [-0.15, -0.1) is 0 Å². The van der Waals surface area contributed by atoms with E-state index in [4.69, 9.17) is 10.5 Å². The monoisotopic (exact) mass is 424 g/mol. The molecule has 8 heteroatoms. The molecule has 2 N–H and O–H groups in total. The standard InChI is InChI=1S/C22H20N2O5S/c1-15-6-12-20(13-7-15)30(27,28)24(2)18-10-8-16(9-11-18)22(26)29-19-5-3-4-17(14-19)21(23)25/h3-14H,1-2H3,(H2,23,25). The Balaban J connectivity index is 1.77. The van der Waals surface area contributed by atoms with Crippen LogP contribution in [0.2, 0.25) is 0 Å². The van der Waals surface area contributed by atoms with E-state index >= 15 is 0 Å². The molecule has 0 aliphatic carbocycles. The molecule has 0 saturated carbocycles. The fourth-order valence-corrected chi connectivity index (χ4v) is 3.89. The maximum atomic E-state index is 12.8. The molecule has 154 valence electrons. The third kappa shape index (κ3) is 4.49. The Morgan fingerprint density at radius 3 is 2.13 bits per heavy atom. The van der Waals surface area contributed by atoms with Gasteiger partial charge in [0.2, 0.25) is 5.91 Å². The lowest BCUT2D eigenvalue weighted by atomic mass is 10.2. The van der Waals surface area contributed by atoms with E-state index in [1.165, 1.54) is 49.5 Å². The Kier molecular flexibility index (Phi) is 5.89. The first-order chi connectivity index (χ1) is 14.2. The fraction of sp³-hybridized carbons (Fsp3) is 0.0909. The minimum atomic E-state index is -3.73. The average Bonchev–Trinajstić information content (AvgIpc) is 2.73. The summed E-state index contributed by atoms with van der Waals surface area (Å²) < 4.78 is 32.0. The fourth-order valence-electron chi connectivity index (χ4n) is 2.69. The van der Waals surface area contributed by atoms with Crippen LogP contribution in [0, 0.1) is 6.92 Å². The molecule has 0 heterocycles. The Bertz CT molecular complexity index is 1190. The zero-order valence-corrected chi connectivity index (χ0v) is 17.2.